The summed E-state index contributed by atoms with van der Waals surface area (Å²) < 4.78 is 11.0. The maximum atomic E-state index is 12.8. The van der Waals surface area contributed by atoms with Crippen LogP contribution in [0.15, 0.2) is 53.1 Å². The summed E-state index contributed by atoms with van der Waals surface area (Å²) in [6, 6.07) is 12.8. The van der Waals surface area contributed by atoms with E-state index in [4.69, 9.17) is 21.4 Å². The lowest BCUT2D eigenvalue weighted by Crippen LogP contribution is -2.48. The van der Waals surface area contributed by atoms with Crippen LogP contribution in [0.1, 0.15) is 23.2 Å². The molecule has 0 unspecified atom stereocenters. The monoisotopic (exact) mass is 396 g/mol. The van der Waals surface area contributed by atoms with Crippen molar-refractivity contribution in [3.05, 3.63) is 54.3 Å². The summed E-state index contributed by atoms with van der Waals surface area (Å²) in [7, 11) is 0. The molecule has 4 rings (SSSR count). The summed E-state index contributed by atoms with van der Waals surface area (Å²) >= 11 is 5.22. The van der Waals surface area contributed by atoms with Gasteiger partial charge in [-0.3, -0.25) is 15.6 Å². The van der Waals surface area contributed by atoms with E-state index in [1.54, 1.807) is 24.5 Å². The van der Waals surface area contributed by atoms with Crippen molar-refractivity contribution < 1.29 is 13.9 Å². The molecule has 3 N–H and O–H groups in total. The summed E-state index contributed by atoms with van der Waals surface area (Å²) in [5.74, 6) is 0.286. The van der Waals surface area contributed by atoms with Crippen LogP contribution in [-0.2, 0) is 4.74 Å². The van der Waals surface area contributed by atoms with E-state index in [1.165, 1.54) is 0 Å². The van der Waals surface area contributed by atoms with E-state index in [2.05, 4.69) is 21.2 Å². The van der Waals surface area contributed by atoms with Crippen LogP contribution in [0.5, 0.6) is 0 Å². The number of nitrogens with one attached hydrogen (secondary N) is 3. The van der Waals surface area contributed by atoms with Crippen molar-refractivity contribution in [1.82, 2.24) is 21.2 Å². The molecular formula is C20H20N4O3S. The van der Waals surface area contributed by atoms with Crippen molar-refractivity contribution in [2.75, 3.05) is 13.2 Å². The fourth-order valence-electron chi connectivity index (χ4n) is 3.15. The van der Waals surface area contributed by atoms with Crippen LogP contribution in [0.3, 0.4) is 0 Å². The minimum Gasteiger partial charge on any atom is -0.463 e. The molecule has 0 spiro atoms. The molecule has 0 saturated carbocycles. The number of thiocarbonyl (C=S) groups is 1. The Kier molecular flexibility index (Phi) is 5.50. The number of carbonyl (C=O) groups excluding carboxylic acids is 1. The number of aromatic nitrogens is 1. The number of nitrogens with zero attached hydrogens (tertiary/aromatic N) is 1. The third-order valence-corrected chi connectivity index (χ3v) is 4.78. The van der Waals surface area contributed by atoms with E-state index < -0.39 is 0 Å². The first-order valence-electron chi connectivity index (χ1n) is 9.10. The third-order valence-electron chi connectivity index (χ3n) is 4.54. The number of pyridine rings is 1. The number of benzene rings is 1. The van der Waals surface area contributed by atoms with Crippen LogP contribution in [-0.4, -0.2) is 35.3 Å². The zero-order valence-electron chi connectivity index (χ0n) is 15.1. The third kappa shape index (κ3) is 4.13. The fourth-order valence-corrected chi connectivity index (χ4v) is 3.29. The van der Waals surface area contributed by atoms with Crippen LogP contribution in [0.2, 0.25) is 0 Å². The molecule has 3 heterocycles. The van der Waals surface area contributed by atoms with Crippen molar-refractivity contribution >= 4 is 34.1 Å². The SMILES string of the molecule is O=C(NNC(=S)NC[C@H]1CCCO1)c1cc(-c2ccco2)nc2ccccc12. The topological polar surface area (TPSA) is 88.4 Å². The molecule has 1 amide bonds. The standard InChI is InChI=1S/C20H20N4O3S/c25-19(23-24-20(28)21-12-13-5-3-9-26-13)15-11-17(18-8-4-10-27-18)22-16-7-2-1-6-14(15)16/h1-2,4,6-8,10-11,13H,3,5,9,12H2,(H,23,25)(H2,21,24,28)/t13-/m1/s1. The largest absolute Gasteiger partial charge is 0.463 e. The van der Waals surface area contributed by atoms with Gasteiger partial charge in [-0.1, -0.05) is 18.2 Å². The molecule has 1 fully saturated rings. The van der Waals surface area contributed by atoms with Gasteiger partial charge in [-0.15, -0.1) is 0 Å². The highest BCUT2D eigenvalue weighted by atomic mass is 32.1. The summed E-state index contributed by atoms with van der Waals surface area (Å²) in [5.41, 5.74) is 7.17. The molecule has 1 saturated heterocycles. The highest BCUT2D eigenvalue weighted by Crippen LogP contribution is 2.25. The Morgan fingerprint density at radius 3 is 2.89 bits per heavy atom. The minimum absolute atomic E-state index is 0.162. The van der Waals surface area contributed by atoms with Crippen LogP contribution in [0.25, 0.3) is 22.4 Å². The second kappa shape index (κ2) is 8.37. The molecule has 1 aliphatic rings. The number of rotatable bonds is 4. The zero-order valence-corrected chi connectivity index (χ0v) is 15.9. The van der Waals surface area contributed by atoms with Gasteiger partial charge in [0, 0.05) is 18.5 Å². The van der Waals surface area contributed by atoms with Gasteiger partial charge in [0.15, 0.2) is 10.9 Å². The molecule has 1 atom stereocenters. The Morgan fingerprint density at radius 1 is 1.21 bits per heavy atom. The summed E-state index contributed by atoms with van der Waals surface area (Å²) in [5, 5.41) is 4.14. The van der Waals surface area contributed by atoms with Gasteiger partial charge >= 0.3 is 0 Å². The van der Waals surface area contributed by atoms with Gasteiger partial charge in [0.1, 0.15) is 5.69 Å². The van der Waals surface area contributed by atoms with E-state index in [0.717, 1.165) is 24.8 Å². The Labute approximate surface area is 167 Å². The Hall–Kier alpha value is -2.97. The molecule has 1 aromatic carbocycles. The number of hydrogen-bond donors (Lipinski definition) is 3. The van der Waals surface area contributed by atoms with Gasteiger partial charge in [0.25, 0.3) is 5.91 Å². The number of ether oxygens (including phenoxy) is 1. The predicted octanol–water partition coefficient (Wildman–Crippen LogP) is 2.78. The maximum absolute atomic E-state index is 12.8. The zero-order chi connectivity index (χ0) is 19.3. The lowest BCUT2D eigenvalue weighted by molar-refractivity contribution is 0.0944. The van der Waals surface area contributed by atoms with Gasteiger partial charge in [-0.25, -0.2) is 4.98 Å². The molecule has 2 aromatic heterocycles. The highest BCUT2D eigenvalue weighted by molar-refractivity contribution is 7.80. The van der Waals surface area contributed by atoms with Gasteiger partial charge in [-0.05, 0) is 49.3 Å². The summed E-state index contributed by atoms with van der Waals surface area (Å²) in [6.45, 7) is 1.40. The molecule has 0 bridgehead atoms. The van der Waals surface area contributed by atoms with Gasteiger partial charge in [0.05, 0.1) is 23.4 Å². The number of carbonyl (C=O) groups is 1. The van der Waals surface area contributed by atoms with Crippen LogP contribution in [0, 0.1) is 0 Å². The summed E-state index contributed by atoms with van der Waals surface area (Å²) in [4.78, 5) is 17.4. The number of fused-ring (bicyclic) bond motifs is 1. The lowest BCUT2D eigenvalue weighted by atomic mass is 10.1. The van der Waals surface area contributed by atoms with Crippen LogP contribution < -0.4 is 16.2 Å². The van der Waals surface area contributed by atoms with Crippen LogP contribution in [0.4, 0.5) is 0 Å². The second-order valence-corrected chi connectivity index (χ2v) is 6.88. The molecule has 3 aromatic rings. The molecular weight excluding hydrogens is 376 g/mol. The molecule has 8 heteroatoms. The molecule has 0 radical (unpaired) electrons. The first-order valence-corrected chi connectivity index (χ1v) is 9.51. The van der Waals surface area contributed by atoms with Crippen molar-refractivity contribution in [2.24, 2.45) is 0 Å². The highest BCUT2D eigenvalue weighted by Gasteiger charge is 2.17. The van der Waals surface area contributed by atoms with E-state index in [-0.39, 0.29) is 12.0 Å². The predicted molar refractivity (Wildman–Crippen MR) is 110 cm³/mol. The molecule has 7 nitrogen and oxygen atoms in total. The number of hydrazine groups is 1. The first kappa shape index (κ1) is 18.4. The maximum Gasteiger partial charge on any atom is 0.270 e. The molecule has 0 aliphatic carbocycles. The van der Waals surface area contributed by atoms with E-state index >= 15 is 0 Å². The number of para-hydroxylation sites is 1. The first-order chi connectivity index (χ1) is 13.7. The number of amides is 1. The normalized spacial score (nSPS) is 16.1. The van der Waals surface area contributed by atoms with Gasteiger partial charge in [-0.2, -0.15) is 0 Å². The average Bonchev–Trinajstić information content (AvgIpc) is 3.43. The minimum atomic E-state index is -0.312. The summed E-state index contributed by atoms with van der Waals surface area (Å²) in [6.07, 6.45) is 3.82. The Balaban J connectivity index is 1.47. The second-order valence-electron chi connectivity index (χ2n) is 6.47. The molecule has 1 aliphatic heterocycles. The average molecular weight is 396 g/mol. The smallest absolute Gasteiger partial charge is 0.270 e. The van der Waals surface area contributed by atoms with Crippen LogP contribution >= 0.6 is 12.2 Å². The van der Waals surface area contributed by atoms with E-state index in [0.29, 0.717) is 34.2 Å². The van der Waals surface area contributed by atoms with Crippen molar-refractivity contribution in [1.29, 1.82) is 0 Å². The van der Waals surface area contributed by atoms with Gasteiger partial charge < -0.3 is 14.5 Å². The quantitative estimate of drug-likeness (QED) is 0.462. The van der Waals surface area contributed by atoms with E-state index in [9.17, 15) is 4.79 Å². The Bertz CT molecular complexity index is 984. The van der Waals surface area contributed by atoms with E-state index in [1.807, 2.05) is 24.3 Å². The van der Waals surface area contributed by atoms with Crippen molar-refractivity contribution in [2.45, 2.75) is 18.9 Å². The lowest BCUT2D eigenvalue weighted by Gasteiger charge is -2.15. The van der Waals surface area contributed by atoms with Crippen molar-refractivity contribution in [3.8, 4) is 11.5 Å². The number of hydrogen-bond acceptors (Lipinski definition) is 5. The van der Waals surface area contributed by atoms with Gasteiger partial charge in [0.2, 0.25) is 0 Å². The number of furan rings is 1. The molecule has 28 heavy (non-hydrogen) atoms. The fraction of sp³-hybridized carbons (Fsp3) is 0.250. The van der Waals surface area contributed by atoms with Crippen molar-refractivity contribution in [3.63, 3.8) is 0 Å². The Morgan fingerprint density at radius 2 is 2.11 bits per heavy atom. The molecule has 144 valence electrons.